The molecule has 1 N–H and O–H groups in total. The number of hydrogen-bond donors (Lipinski definition) is 1. The second-order valence-corrected chi connectivity index (χ2v) is 6.34. The molecule has 1 aliphatic carbocycles. The fourth-order valence-corrected chi connectivity index (χ4v) is 4.04. The van der Waals surface area contributed by atoms with E-state index in [1.165, 1.54) is 19.3 Å². The minimum atomic E-state index is -0.0143. The summed E-state index contributed by atoms with van der Waals surface area (Å²) in [6, 6.07) is 9.62. The van der Waals surface area contributed by atoms with E-state index in [1.807, 2.05) is 30.3 Å². The second kappa shape index (κ2) is 6.56. The number of rotatable bonds is 4. The van der Waals surface area contributed by atoms with Crippen molar-refractivity contribution in [2.24, 2.45) is 11.8 Å². The number of carbonyl (C=O) groups is 1. The van der Waals surface area contributed by atoms with Gasteiger partial charge in [-0.3, -0.25) is 9.78 Å². The lowest BCUT2D eigenvalue weighted by atomic mass is 9.98. The number of pyridine rings is 1. The van der Waals surface area contributed by atoms with Crippen LogP contribution in [0, 0.1) is 11.8 Å². The van der Waals surface area contributed by atoms with Crippen LogP contribution in [0.3, 0.4) is 0 Å². The van der Waals surface area contributed by atoms with Crippen LogP contribution in [0.2, 0.25) is 0 Å². The molecule has 3 nitrogen and oxygen atoms in total. The lowest BCUT2D eigenvalue weighted by Crippen LogP contribution is -2.31. The molecule has 1 aromatic heterocycles. The van der Waals surface area contributed by atoms with Crippen molar-refractivity contribution in [3.05, 3.63) is 42.1 Å². The molecule has 2 aromatic rings. The van der Waals surface area contributed by atoms with Gasteiger partial charge in [-0.25, -0.2) is 0 Å². The molecule has 1 saturated carbocycles. The number of nitrogens with zero attached hydrogens (tertiary/aromatic N) is 1. The zero-order chi connectivity index (χ0) is 14.7. The fourth-order valence-electron chi connectivity index (χ4n) is 3.19. The van der Waals surface area contributed by atoms with Crippen molar-refractivity contribution in [2.45, 2.75) is 19.3 Å². The lowest BCUT2D eigenvalue weighted by Gasteiger charge is -2.18. The number of amides is 1. The Bertz CT molecular complexity index is 638. The zero-order valence-corrected chi connectivity index (χ0v) is 13.5. The van der Waals surface area contributed by atoms with E-state index in [4.69, 9.17) is 0 Å². The molecule has 21 heavy (non-hydrogen) atoms. The van der Waals surface area contributed by atoms with Crippen molar-refractivity contribution < 1.29 is 4.79 Å². The van der Waals surface area contributed by atoms with Crippen LogP contribution in [-0.4, -0.2) is 22.8 Å². The maximum atomic E-state index is 12.4. The summed E-state index contributed by atoms with van der Waals surface area (Å²) < 4.78 is 0. The predicted molar refractivity (Wildman–Crippen MR) is 88.7 cm³/mol. The van der Waals surface area contributed by atoms with E-state index < -0.39 is 0 Å². The summed E-state index contributed by atoms with van der Waals surface area (Å²) in [5.41, 5.74) is 1.45. The Kier molecular flexibility index (Phi) is 4.54. The van der Waals surface area contributed by atoms with Crippen molar-refractivity contribution >= 4 is 32.7 Å². The molecule has 2 atom stereocenters. The van der Waals surface area contributed by atoms with Gasteiger partial charge in [0.2, 0.25) is 0 Å². The molecule has 1 heterocycles. The highest BCUT2D eigenvalue weighted by Crippen LogP contribution is 2.32. The molecule has 1 aliphatic rings. The first-order valence-electron chi connectivity index (χ1n) is 7.47. The van der Waals surface area contributed by atoms with Gasteiger partial charge in [0.05, 0.1) is 11.1 Å². The van der Waals surface area contributed by atoms with Gasteiger partial charge in [-0.2, -0.15) is 0 Å². The first-order valence-corrected chi connectivity index (χ1v) is 8.59. The van der Waals surface area contributed by atoms with Crippen molar-refractivity contribution in [3.63, 3.8) is 0 Å². The van der Waals surface area contributed by atoms with Crippen LogP contribution >= 0.6 is 15.9 Å². The van der Waals surface area contributed by atoms with Gasteiger partial charge in [-0.05, 0) is 36.8 Å². The summed E-state index contributed by atoms with van der Waals surface area (Å²) in [4.78, 5) is 16.8. The molecule has 0 bridgehead atoms. The number of halogens is 1. The van der Waals surface area contributed by atoms with Gasteiger partial charge >= 0.3 is 0 Å². The Labute approximate surface area is 133 Å². The van der Waals surface area contributed by atoms with E-state index in [0.29, 0.717) is 17.4 Å². The van der Waals surface area contributed by atoms with Gasteiger partial charge in [-0.1, -0.05) is 40.5 Å². The Hall–Kier alpha value is -1.42. The normalized spacial score (nSPS) is 21.6. The molecule has 3 rings (SSSR count). The van der Waals surface area contributed by atoms with Crippen molar-refractivity contribution in [1.82, 2.24) is 10.3 Å². The van der Waals surface area contributed by atoms with Gasteiger partial charge in [0.1, 0.15) is 0 Å². The van der Waals surface area contributed by atoms with Crippen LogP contribution in [0.1, 0.15) is 29.6 Å². The second-order valence-electron chi connectivity index (χ2n) is 5.70. The number of aromatic nitrogens is 1. The van der Waals surface area contributed by atoms with Crippen molar-refractivity contribution in [3.8, 4) is 0 Å². The molecule has 1 amide bonds. The molecule has 1 fully saturated rings. The van der Waals surface area contributed by atoms with E-state index in [2.05, 4.69) is 26.2 Å². The largest absolute Gasteiger partial charge is 0.352 e. The van der Waals surface area contributed by atoms with Crippen LogP contribution in [-0.2, 0) is 0 Å². The summed E-state index contributed by atoms with van der Waals surface area (Å²) in [6.45, 7) is 0.762. The topological polar surface area (TPSA) is 42.0 Å². The molecule has 0 radical (unpaired) electrons. The molecule has 1 aromatic carbocycles. The third-order valence-electron chi connectivity index (χ3n) is 4.42. The highest BCUT2D eigenvalue weighted by atomic mass is 79.9. The number of para-hydroxylation sites is 1. The standard InChI is InChI=1S/C17H19BrN2O/c18-10-13-5-1-6-14(13)11-20-17(21)15-8-2-4-12-7-3-9-19-16(12)15/h2-4,7-9,13-14H,1,5-6,10-11H2,(H,20,21). The Morgan fingerprint density at radius 1 is 1.24 bits per heavy atom. The molecule has 0 saturated heterocycles. The Morgan fingerprint density at radius 2 is 2.05 bits per heavy atom. The van der Waals surface area contributed by atoms with E-state index in [0.717, 1.165) is 22.8 Å². The van der Waals surface area contributed by atoms with Crippen LogP contribution in [0.15, 0.2) is 36.5 Å². The number of benzene rings is 1. The van der Waals surface area contributed by atoms with Gasteiger partial charge in [-0.15, -0.1) is 0 Å². The molecule has 2 unspecified atom stereocenters. The maximum Gasteiger partial charge on any atom is 0.253 e. The minimum absolute atomic E-state index is 0.0143. The maximum absolute atomic E-state index is 12.4. The predicted octanol–water partition coefficient (Wildman–Crippen LogP) is 3.78. The van der Waals surface area contributed by atoms with Gasteiger partial charge in [0.15, 0.2) is 0 Å². The molecule has 0 aliphatic heterocycles. The third-order valence-corrected chi connectivity index (χ3v) is 5.25. The van der Waals surface area contributed by atoms with Crippen LogP contribution in [0.5, 0.6) is 0 Å². The van der Waals surface area contributed by atoms with E-state index in [-0.39, 0.29) is 5.91 Å². The van der Waals surface area contributed by atoms with Crippen LogP contribution in [0.25, 0.3) is 10.9 Å². The minimum Gasteiger partial charge on any atom is -0.352 e. The number of hydrogen-bond acceptors (Lipinski definition) is 2. The third kappa shape index (κ3) is 3.10. The molecule has 0 spiro atoms. The summed E-state index contributed by atoms with van der Waals surface area (Å²) in [6.07, 6.45) is 5.48. The average molecular weight is 347 g/mol. The number of alkyl halides is 1. The summed E-state index contributed by atoms with van der Waals surface area (Å²) in [7, 11) is 0. The fraction of sp³-hybridized carbons (Fsp3) is 0.412. The number of fused-ring (bicyclic) bond motifs is 1. The van der Waals surface area contributed by atoms with Crippen LogP contribution < -0.4 is 5.32 Å². The molecular weight excluding hydrogens is 328 g/mol. The SMILES string of the molecule is O=C(NCC1CCCC1CBr)c1cccc2cccnc12. The summed E-state index contributed by atoms with van der Waals surface area (Å²) >= 11 is 3.58. The number of carbonyl (C=O) groups excluding carboxylic acids is 1. The smallest absolute Gasteiger partial charge is 0.253 e. The molecular formula is C17H19BrN2O. The van der Waals surface area contributed by atoms with Crippen molar-refractivity contribution in [1.29, 1.82) is 0 Å². The molecule has 4 heteroatoms. The van der Waals surface area contributed by atoms with E-state index in [1.54, 1.807) is 6.20 Å². The van der Waals surface area contributed by atoms with E-state index >= 15 is 0 Å². The van der Waals surface area contributed by atoms with Gasteiger partial charge < -0.3 is 5.32 Å². The quantitative estimate of drug-likeness (QED) is 0.856. The monoisotopic (exact) mass is 346 g/mol. The van der Waals surface area contributed by atoms with Crippen LogP contribution in [0.4, 0.5) is 0 Å². The Morgan fingerprint density at radius 3 is 2.90 bits per heavy atom. The Balaban J connectivity index is 1.72. The van der Waals surface area contributed by atoms with Crippen molar-refractivity contribution in [2.75, 3.05) is 11.9 Å². The average Bonchev–Trinajstić information content (AvgIpc) is 2.99. The van der Waals surface area contributed by atoms with E-state index in [9.17, 15) is 4.79 Å². The highest BCUT2D eigenvalue weighted by Gasteiger charge is 2.26. The van der Waals surface area contributed by atoms with Gasteiger partial charge in [0, 0.05) is 23.5 Å². The highest BCUT2D eigenvalue weighted by molar-refractivity contribution is 9.09. The summed E-state index contributed by atoms with van der Waals surface area (Å²) in [5, 5.41) is 5.13. The first-order chi connectivity index (χ1) is 10.3. The zero-order valence-electron chi connectivity index (χ0n) is 11.9. The van der Waals surface area contributed by atoms with Gasteiger partial charge in [0.25, 0.3) is 5.91 Å². The first kappa shape index (κ1) is 14.5. The lowest BCUT2D eigenvalue weighted by molar-refractivity contribution is 0.0946. The number of nitrogens with one attached hydrogen (secondary N) is 1. The summed E-state index contributed by atoms with van der Waals surface area (Å²) in [5.74, 6) is 1.27. The molecule has 110 valence electrons.